The van der Waals surface area contributed by atoms with Crippen LogP contribution >= 0.6 is 33.9 Å². The van der Waals surface area contributed by atoms with Gasteiger partial charge in [0.2, 0.25) is 0 Å². The SMILES string of the molecule is COc1sc2cccc(I)c2c1C#N. The molecule has 0 saturated heterocycles. The van der Waals surface area contributed by atoms with Crippen LogP contribution < -0.4 is 4.74 Å². The van der Waals surface area contributed by atoms with Gasteiger partial charge in [0.25, 0.3) is 0 Å². The molecule has 0 spiro atoms. The molecule has 1 aromatic carbocycles. The summed E-state index contributed by atoms with van der Waals surface area (Å²) >= 11 is 3.75. The van der Waals surface area contributed by atoms with Crippen molar-refractivity contribution in [3.63, 3.8) is 0 Å². The van der Waals surface area contributed by atoms with Crippen molar-refractivity contribution >= 4 is 44.0 Å². The first kappa shape index (κ1) is 9.74. The van der Waals surface area contributed by atoms with Crippen molar-refractivity contribution in [3.05, 3.63) is 27.3 Å². The molecule has 0 fully saturated rings. The lowest BCUT2D eigenvalue weighted by molar-refractivity contribution is 0.426. The van der Waals surface area contributed by atoms with Gasteiger partial charge in [0.1, 0.15) is 11.6 Å². The summed E-state index contributed by atoms with van der Waals surface area (Å²) in [6.07, 6.45) is 0. The fourth-order valence-corrected chi connectivity index (χ4v) is 3.27. The third-order valence-electron chi connectivity index (χ3n) is 1.93. The number of hydrogen-bond donors (Lipinski definition) is 0. The lowest BCUT2D eigenvalue weighted by Crippen LogP contribution is -1.82. The van der Waals surface area contributed by atoms with E-state index in [-0.39, 0.29) is 0 Å². The summed E-state index contributed by atoms with van der Waals surface area (Å²) in [5, 5.41) is 10.7. The average molecular weight is 315 g/mol. The second-order valence-electron chi connectivity index (χ2n) is 2.69. The van der Waals surface area contributed by atoms with Crippen LogP contribution in [-0.2, 0) is 0 Å². The molecule has 2 rings (SSSR count). The molecule has 2 nitrogen and oxygen atoms in total. The molecular weight excluding hydrogens is 309 g/mol. The van der Waals surface area contributed by atoms with Crippen LogP contribution in [0.3, 0.4) is 0 Å². The van der Waals surface area contributed by atoms with Gasteiger partial charge in [-0.25, -0.2) is 0 Å². The smallest absolute Gasteiger partial charge is 0.192 e. The maximum absolute atomic E-state index is 9.03. The lowest BCUT2D eigenvalue weighted by Gasteiger charge is -1.94. The minimum atomic E-state index is 0.650. The van der Waals surface area contributed by atoms with E-state index in [1.807, 2.05) is 18.2 Å². The van der Waals surface area contributed by atoms with Crippen LogP contribution in [0.1, 0.15) is 5.56 Å². The summed E-state index contributed by atoms with van der Waals surface area (Å²) in [7, 11) is 1.60. The molecule has 0 aliphatic rings. The van der Waals surface area contributed by atoms with Crippen LogP contribution in [0.4, 0.5) is 0 Å². The van der Waals surface area contributed by atoms with Crippen molar-refractivity contribution in [2.24, 2.45) is 0 Å². The monoisotopic (exact) mass is 315 g/mol. The highest BCUT2D eigenvalue weighted by molar-refractivity contribution is 14.1. The van der Waals surface area contributed by atoms with Crippen LogP contribution in [0.2, 0.25) is 0 Å². The second-order valence-corrected chi connectivity index (χ2v) is 4.87. The van der Waals surface area contributed by atoms with Gasteiger partial charge in [-0.1, -0.05) is 17.4 Å². The molecule has 1 aromatic heterocycles. The molecule has 0 aliphatic heterocycles. The Labute approximate surface area is 99.3 Å². The Kier molecular flexibility index (Phi) is 2.61. The third-order valence-corrected chi connectivity index (χ3v) is 3.94. The maximum atomic E-state index is 9.03. The van der Waals surface area contributed by atoms with E-state index in [1.165, 1.54) is 11.3 Å². The summed E-state index contributed by atoms with van der Waals surface area (Å²) < 4.78 is 7.36. The molecule has 14 heavy (non-hydrogen) atoms. The van der Waals surface area contributed by atoms with Crippen LogP contribution in [-0.4, -0.2) is 7.11 Å². The van der Waals surface area contributed by atoms with E-state index in [0.717, 1.165) is 13.7 Å². The minimum absolute atomic E-state index is 0.650. The number of fused-ring (bicyclic) bond motifs is 1. The van der Waals surface area contributed by atoms with Crippen molar-refractivity contribution < 1.29 is 4.74 Å². The Bertz CT molecular complexity index is 527. The molecule has 2 aromatic rings. The first-order valence-electron chi connectivity index (χ1n) is 3.93. The van der Waals surface area contributed by atoms with Gasteiger partial charge < -0.3 is 4.74 Å². The van der Waals surface area contributed by atoms with Crippen LogP contribution in [0.15, 0.2) is 18.2 Å². The predicted octanol–water partition coefficient (Wildman–Crippen LogP) is 3.39. The number of nitriles is 1. The van der Waals surface area contributed by atoms with Crippen molar-refractivity contribution in [2.45, 2.75) is 0 Å². The number of benzene rings is 1. The van der Waals surface area contributed by atoms with Gasteiger partial charge >= 0.3 is 0 Å². The van der Waals surface area contributed by atoms with Gasteiger partial charge in [0.05, 0.1) is 7.11 Å². The molecule has 1 heterocycles. The Hall–Kier alpha value is -0.800. The molecule has 0 aliphatic carbocycles. The molecule has 0 unspecified atom stereocenters. The fourth-order valence-electron chi connectivity index (χ4n) is 1.33. The van der Waals surface area contributed by atoms with Crippen LogP contribution in [0.5, 0.6) is 5.06 Å². The Morgan fingerprint density at radius 3 is 2.93 bits per heavy atom. The molecule has 0 radical (unpaired) electrons. The molecule has 0 saturated carbocycles. The molecular formula is C10H6INOS. The molecule has 70 valence electrons. The van der Waals surface area contributed by atoms with Gasteiger partial charge in [-0.05, 0) is 34.7 Å². The van der Waals surface area contributed by atoms with Gasteiger partial charge in [-0.2, -0.15) is 5.26 Å². The van der Waals surface area contributed by atoms with E-state index in [2.05, 4.69) is 28.7 Å². The second kappa shape index (κ2) is 3.75. The number of hydrogen-bond acceptors (Lipinski definition) is 3. The first-order chi connectivity index (χ1) is 6.77. The number of nitrogens with zero attached hydrogens (tertiary/aromatic N) is 1. The Balaban J connectivity index is 2.90. The standard InChI is InChI=1S/C10H6INOS/c1-13-10-6(5-12)9-7(11)3-2-4-8(9)14-10/h2-4H,1H3. The summed E-state index contributed by atoms with van der Waals surface area (Å²) in [6.45, 7) is 0. The van der Waals surface area contributed by atoms with Crippen molar-refractivity contribution in [1.82, 2.24) is 0 Å². The van der Waals surface area contributed by atoms with Crippen LogP contribution in [0, 0.1) is 14.9 Å². The zero-order valence-corrected chi connectivity index (χ0v) is 10.3. The average Bonchev–Trinajstić information content (AvgIpc) is 2.56. The minimum Gasteiger partial charge on any atom is -0.486 e. The Morgan fingerprint density at radius 2 is 2.29 bits per heavy atom. The normalized spacial score (nSPS) is 10.1. The zero-order valence-electron chi connectivity index (χ0n) is 7.37. The van der Waals surface area contributed by atoms with Gasteiger partial charge in [-0.15, -0.1) is 0 Å². The van der Waals surface area contributed by atoms with Crippen molar-refractivity contribution in [1.29, 1.82) is 5.26 Å². The largest absolute Gasteiger partial charge is 0.486 e. The summed E-state index contributed by atoms with van der Waals surface area (Å²) in [5.74, 6) is 0. The predicted molar refractivity (Wildman–Crippen MR) is 65.8 cm³/mol. The summed E-state index contributed by atoms with van der Waals surface area (Å²) in [5.41, 5.74) is 0.650. The quantitative estimate of drug-likeness (QED) is 0.756. The topological polar surface area (TPSA) is 33.0 Å². The van der Waals surface area contributed by atoms with E-state index < -0.39 is 0 Å². The van der Waals surface area contributed by atoms with Crippen molar-refractivity contribution in [2.75, 3.05) is 7.11 Å². The number of thiophene rings is 1. The van der Waals surface area contributed by atoms with Gasteiger partial charge in [-0.3, -0.25) is 0 Å². The lowest BCUT2D eigenvalue weighted by atomic mass is 10.2. The number of ether oxygens (including phenoxy) is 1. The number of methoxy groups -OCH3 is 1. The summed E-state index contributed by atoms with van der Waals surface area (Å²) in [6, 6.07) is 8.18. The van der Waals surface area contributed by atoms with E-state index in [9.17, 15) is 0 Å². The van der Waals surface area contributed by atoms with Gasteiger partial charge in [0.15, 0.2) is 5.06 Å². The fraction of sp³-hybridized carbons (Fsp3) is 0.100. The first-order valence-corrected chi connectivity index (χ1v) is 5.82. The third kappa shape index (κ3) is 1.37. The molecule has 0 bridgehead atoms. The van der Waals surface area contributed by atoms with E-state index in [4.69, 9.17) is 10.00 Å². The zero-order chi connectivity index (χ0) is 10.1. The molecule has 4 heteroatoms. The summed E-state index contributed by atoms with van der Waals surface area (Å²) in [4.78, 5) is 0. The van der Waals surface area contributed by atoms with Gasteiger partial charge in [0, 0.05) is 13.7 Å². The van der Waals surface area contributed by atoms with Crippen LogP contribution in [0.25, 0.3) is 10.1 Å². The highest BCUT2D eigenvalue weighted by atomic mass is 127. The Morgan fingerprint density at radius 1 is 1.50 bits per heavy atom. The molecule has 0 amide bonds. The maximum Gasteiger partial charge on any atom is 0.192 e. The van der Waals surface area contributed by atoms with E-state index >= 15 is 0 Å². The number of rotatable bonds is 1. The van der Waals surface area contributed by atoms with E-state index in [1.54, 1.807) is 7.11 Å². The highest BCUT2D eigenvalue weighted by Gasteiger charge is 2.13. The molecule has 0 N–H and O–H groups in total. The highest BCUT2D eigenvalue weighted by Crippen LogP contribution is 2.38. The van der Waals surface area contributed by atoms with Crippen molar-refractivity contribution in [3.8, 4) is 11.1 Å². The number of halogens is 1. The molecule has 0 atom stereocenters. The van der Waals surface area contributed by atoms with E-state index in [0.29, 0.717) is 10.6 Å².